The molecule has 2 heterocycles. The Balaban J connectivity index is 1.80. The van der Waals surface area contributed by atoms with E-state index in [0.717, 1.165) is 18.7 Å². The SMILES string of the molecule is CCOC(=O)[C@@H]1C[C@@]2(Cn3cnc(C)c3)C[C@H]2N1C(=O)OC(C)(C)C. The summed E-state index contributed by atoms with van der Waals surface area (Å²) in [4.78, 5) is 31.0. The van der Waals surface area contributed by atoms with Crippen LogP contribution >= 0.6 is 0 Å². The summed E-state index contributed by atoms with van der Waals surface area (Å²) >= 11 is 0. The van der Waals surface area contributed by atoms with Crippen molar-refractivity contribution in [2.24, 2.45) is 5.41 Å². The zero-order valence-electron chi connectivity index (χ0n) is 15.6. The van der Waals surface area contributed by atoms with Crippen molar-refractivity contribution >= 4 is 12.1 Å². The number of piperidine rings is 1. The van der Waals surface area contributed by atoms with Crippen molar-refractivity contribution in [2.45, 2.75) is 71.7 Å². The highest BCUT2D eigenvalue weighted by Crippen LogP contribution is 2.60. The molecule has 1 aliphatic heterocycles. The number of imidazole rings is 1. The molecule has 1 saturated carbocycles. The first kappa shape index (κ1) is 17.8. The zero-order chi connectivity index (χ0) is 18.4. The first-order valence-electron chi connectivity index (χ1n) is 8.81. The summed E-state index contributed by atoms with van der Waals surface area (Å²) < 4.78 is 12.8. The molecule has 138 valence electrons. The van der Waals surface area contributed by atoms with Gasteiger partial charge in [0.25, 0.3) is 0 Å². The van der Waals surface area contributed by atoms with Crippen LogP contribution in [0.5, 0.6) is 0 Å². The molecule has 1 aromatic rings. The maximum absolute atomic E-state index is 12.7. The molecule has 1 saturated heterocycles. The van der Waals surface area contributed by atoms with Gasteiger partial charge in [0, 0.05) is 24.2 Å². The molecule has 3 rings (SSSR count). The molecule has 7 heteroatoms. The largest absolute Gasteiger partial charge is 0.464 e. The number of carbonyl (C=O) groups excluding carboxylic acids is 2. The smallest absolute Gasteiger partial charge is 0.411 e. The Morgan fingerprint density at radius 2 is 2.08 bits per heavy atom. The fourth-order valence-electron chi connectivity index (χ4n) is 3.80. The molecule has 2 fully saturated rings. The molecular formula is C18H27N3O4. The van der Waals surface area contributed by atoms with Gasteiger partial charge in [-0.15, -0.1) is 0 Å². The predicted molar refractivity (Wildman–Crippen MR) is 90.9 cm³/mol. The van der Waals surface area contributed by atoms with Gasteiger partial charge in [-0.05, 0) is 47.5 Å². The quantitative estimate of drug-likeness (QED) is 0.781. The van der Waals surface area contributed by atoms with Crippen LogP contribution in [0, 0.1) is 12.3 Å². The minimum Gasteiger partial charge on any atom is -0.464 e. The molecule has 0 unspecified atom stereocenters. The molecule has 0 bridgehead atoms. The average Bonchev–Trinajstić information content (AvgIpc) is 2.84. The van der Waals surface area contributed by atoms with E-state index in [1.54, 1.807) is 18.2 Å². The molecule has 1 aromatic heterocycles. The fraction of sp³-hybridized carbons (Fsp3) is 0.722. The topological polar surface area (TPSA) is 73.7 Å². The number of hydrogen-bond donors (Lipinski definition) is 0. The van der Waals surface area contributed by atoms with E-state index in [1.807, 2.05) is 38.5 Å². The van der Waals surface area contributed by atoms with Crippen LogP contribution in [-0.4, -0.2) is 50.8 Å². The van der Waals surface area contributed by atoms with Crippen LogP contribution in [-0.2, 0) is 20.8 Å². The Labute approximate surface area is 148 Å². The van der Waals surface area contributed by atoms with Crippen LogP contribution in [0.4, 0.5) is 4.79 Å². The lowest BCUT2D eigenvalue weighted by Crippen LogP contribution is -2.46. The summed E-state index contributed by atoms with van der Waals surface area (Å²) in [7, 11) is 0. The number of carbonyl (C=O) groups is 2. The second-order valence-electron chi connectivity index (χ2n) is 8.13. The number of likely N-dealkylation sites (tertiary alicyclic amines) is 1. The maximum atomic E-state index is 12.7. The molecule has 0 radical (unpaired) electrons. The summed E-state index contributed by atoms with van der Waals surface area (Å²) in [5.74, 6) is -0.346. The summed E-state index contributed by atoms with van der Waals surface area (Å²) in [5, 5.41) is 0. The molecule has 3 atom stereocenters. The van der Waals surface area contributed by atoms with E-state index in [0.29, 0.717) is 13.0 Å². The third kappa shape index (κ3) is 3.50. The number of esters is 1. The van der Waals surface area contributed by atoms with Crippen LogP contribution in [0.2, 0.25) is 0 Å². The van der Waals surface area contributed by atoms with Crippen LogP contribution in [0.25, 0.3) is 0 Å². The van der Waals surface area contributed by atoms with Gasteiger partial charge < -0.3 is 14.0 Å². The molecule has 1 amide bonds. The van der Waals surface area contributed by atoms with Gasteiger partial charge in [-0.1, -0.05) is 0 Å². The Hall–Kier alpha value is -2.05. The molecule has 0 N–H and O–H groups in total. The van der Waals surface area contributed by atoms with Crippen molar-refractivity contribution in [1.29, 1.82) is 0 Å². The summed E-state index contributed by atoms with van der Waals surface area (Å²) in [6.45, 7) is 10.2. The van der Waals surface area contributed by atoms with Crippen LogP contribution in [0.3, 0.4) is 0 Å². The minimum absolute atomic E-state index is 0.0134. The molecule has 2 aliphatic rings. The lowest BCUT2D eigenvalue weighted by Gasteiger charge is -2.29. The van der Waals surface area contributed by atoms with E-state index >= 15 is 0 Å². The molecule has 7 nitrogen and oxygen atoms in total. The van der Waals surface area contributed by atoms with Crippen LogP contribution < -0.4 is 0 Å². The number of aromatic nitrogens is 2. The summed E-state index contributed by atoms with van der Waals surface area (Å²) in [6, 6.07) is -0.558. The third-order valence-corrected chi connectivity index (χ3v) is 4.84. The van der Waals surface area contributed by atoms with E-state index in [1.165, 1.54) is 0 Å². The second kappa shape index (κ2) is 6.04. The number of hydrogen-bond acceptors (Lipinski definition) is 5. The van der Waals surface area contributed by atoms with Gasteiger partial charge in [-0.25, -0.2) is 14.6 Å². The number of rotatable bonds is 4. The second-order valence-corrected chi connectivity index (χ2v) is 8.13. The van der Waals surface area contributed by atoms with E-state index in [4.69, 9.17) is 9.47 Å². The molecule has 0 aromatic carbocycles. The standard InChI is InChI=1S/C18H27N3O4/c1-6-24-15(22)13-7-18(10-20-9-12(2)19-11-20)8-14(18)21(13)16(23)25-17(3,4)5/h9,11,13-14H,6-8,10H2,1-5H3/t13-,14+,18-/m0/s1. The Morgan fingerprint density at radius 3 is 2.64 bits per heavy atom. The first-order valence-corrected chi connectivity index (χ1v) is 8.81. The number of amides is 1. The van der Waals surface area contributed by atoms with Gasteiger partial charge in [0.1, 0.15) is 11.6 Å². The lowest BCUT2D eigenvalue weighted by atomic mass is 9.99. The number of aryl methyl sites for hydroxylation is 1. The minimum atomic E-state index is -0.599. The van der Waals surface area contributed by atoms with Gasteiger partial charge in [0.05, 0.1) is 18.6 Å². The van der Waals surface area contributed by atoms with Gasteiger partial charge in [-0.2, -0.15) is 0 Å². The molecule has 0 spiro atoms. The first-order chi connectivity index (χ1) is 11.6. The van der Waals surface area contributed by atoms with Gasteiger partial charge in [0.2, 0.25) is 0 Å². The van der Waals surface area contributed by atoms with Gasteiger partial charge in [0.15, 0.2) is 0 Å². The Bertz CT molecular complexity index is 678. The van der Waals surface area contributed by atoms with Gasteiger partial charge >= 0.3 is 12.1 Å². The fourth-order valence-corrected chi connectivity index (χ4v) is 3.80. The predicted octanol–water partition coefficient (Wildman–Crippen LogP) is 2.52. The zero-order valence-corrected chi connectivity index (χ0v) is 15.6. The van der Waals surface area contributed by atoms with Crippen molar-refractivity contribution in [3.63, 3.8) is 0 Å². The van der Waals surface area contributed by atoms with Crippen molar-refractivity contribution < 1.29 is 19.1 Å². The van der Waals surface area contributed by atoms with Crippen LogP contribution in [0.15, 0.2) is 12.5 Å². The van der Waals surface area contributed by atoms with E-state index in [-0.39, 0.29) is 17.4 Å². The Kier molecular flexibility index (Phi) is 4.29. The molecular weight excluding hydrogens is 322 g/mol. The normalized spacial score (nSPS) is 27.8. The third-order valence-electron chi connectivity index (χ3n) is 4.84. The summed E-state index contributed by atoms with van der Waals surface area (Å²) in [5.41, 5.74) is 0.261. The highest BCUT2D eigenvalue weighted by atomic mass is 16.6. The average molecular weight is 349 g/mol. The van der Waals surface area contributed by atoms with Gasteiger partial charge in [-0.3, -0.25) is 4.90 Å². The number of ether oxygens (including phenoxy) is 2. The van der Waals surface area contributed by atoms with Crippen molar-refractivity contribution in [3.05, 3.63) is 18.2 Å². The molecule has 25 heavy (non-hydrogen) atoms. The maximum Gasteiger partial charge on any atom is 0.411 e. The van der Waals surface area contributed by atoms with E-state index in [2.05, 4.69) is 4.98 Å². The van der Waals surface area contributed by atoms with Crippen LogP contribution in [0.1, 0.15) is 46.2 Å². The van der Waals surface area contributed by atoms with E-state index in [9.17, 15) is 9.59 Å². The lowest BCUT2D eigenvalue weighted by molar-refractivity contribution is -0.149. The summed E-state index contributed by atoms with van der Waals surface area (Å²) in [6.07, 6.45) is 4.83. The van der Waals surface area contributed by atoms with Crippen molar-refractivity contribution in [2.75, 3.05) is 6.61 Å². The highest BCUT2D eigenvalue weighted by molar-refractivity contribution is 5.83. The molecule has 1 aliphatic carbocycles. The highest BCUT2D eigenvalue weighted by Gasteiger charge is 2.68. The Morgan fingerprint density at radius 1 is 1.36 bits per heavy atom. The van der Waals surface area contributed by atoms with E-state index < -0.39 is 17.7 Å². The number of fused-ring (bicyclic) bond motifs is 1. The van der Waals surface area contributed by atoms with Crippen molar-refractivity contribution in [3.8, 4) is 0 Å². The van der Waals surface area contributed by atoms with Crippen molar-refractivity contribution in [1.82, 2.24) is 14.5 Å². The number of nitrogens with zero attached hydrogens (tertiary/aromatic N) is 3. The monoisotopic (exact) mass is 349 g/mol.